The second kappa shape index (κ2) is 6.83. The number of hydrogen-bond acceptors (Lipinski definition) is 4. The number of ether oxygens (including phenoxy) is 1. The van der Waals surface area contributed by atoms with Gasteiger partial charge in [0.2, 0.25) is 5.91 Å². The molecule has 0 radical (unpaired) electrons. The fourth-order valence-electron chi connectivity index (χ4n) is 2.48. The van der Waals surface area contributed by atoms with Gasteiger partial charge in [-0.3, -0.25) is 9.59 Å². The van der Waals surface area contributed by atoms with Gasteiger partial charge < -0.3 is 14.5 Å². The van der Waals surface area contributed by atoms with Gasteiger partial charge in [-0.05, 0) is 26.2 Å². The van der Waals surface area contributed by atoms with Crippen LogP contribution in [0, 0.1) is 0 Å². The highest BCUT2D eigenvalue weighted by Gasteiger charge is 2.29. The van der Waals surface area contributed by atoms with Crippen molar-refractivity contribution in [2.45, 2.75) is 18.9 Å². The molecule has 1 aliphatic rings. The van der Waals surface area contributed by atoms with Gasteiger partial charge in [-0.1, -0.05) is 12.1 Å². The van der Waals surface area contributed by atoms with Gasteiger partial charge in [0.05, 0.1) is 18.2 Å². The van der Waals surface area contributed by atoms with Crippen LogP contribution < -0.4 is 4.90 Å². The van der Waals surface area contributed by atoms with E-state index in [1.54, 1.807) is 18.1 Å². The number of fused-ring (bicyclic) bond motifs is 1. The Morgan fingerprint density at radius 1 is 1.24 bits per heavy atom. The number of anilines is 1. The summed E-state index contributed by atoms with van der Waals surface area (Å²) in [5.74, 6) is 0.0310. The number of carbonyl (C=O) groups is 2. The van der Waals surface area contributed by atoms with Crippen LogP contribution in [0.15, 0.2) is 24.3 Å². The molecule has 0 fully saturated rings. The molecular formula is C16H22N2O3. The molecule has 0 aromatic heterocycles. The summed E-state index contributed by atoms with van der Waals surface area (Å²) < 4.78 is 5.28. The maximum atomic E-state index is 12.5. The van der Waals surface area contributed by atoms with E-state index in [9.17, 15) is 9.59 Å². The van der Waals surface area contributed by atoms with Gasteiger partial charge in [-0.25, -0.2) is 0 Å². The van der Waals surface area contributed by atoms with Crippen LogP contribution in [-0.4, -0.2) is 57.0 Å². The van der Waals surface area contributed by atoms with Gasteiger partial charge in [-0.15, -0.1) is 0 Å². The minimum absolute atomic E-state index is 0.00338. The molecule has 0 saturated carbocycles. The number of Topliss-reactive ketones (excluding diaryl/α,β-unsaturated/α-hetero) is 1. The van der Waals surface area contributed by atoms with E-state index in [4.69, 9.17) is 4.74 Å². The number of amides is 1. The van der Waals surface area contributed by atoms with Crippen molar-refractivity contribution in [1.29, 1.82) is 0 Å². The molecule has 0 saturated heterocycles. The second-order valence-electron chi connectivity index (χ2n) is 5.55. The van der Waals surface area contributed by atoms with E-state index in [0.29, 0.717) is 17.8 Å². The maximum absolute atomic E-state index is 12.5. The summed E-state index contributed by atoms with van der Waals surface area (Å²) >= 11 is 0. The number of rotatable bonds is 4. The molecule has 114 valence electrons. The first-order chi connectivity index (χ1) is 10.0. The summed E-state index contributed by atoms with van der Waals surface area (Å²) in [6, 6.07) is 7.31. The quantitative estimate of drug-likeness (QED) is 0.844. The number of nitrogens with zero attached hydrogens (tertiary/aromatic N) is 2. The van der Waals surface area contributed by atoms with Crippen molar-refractivity contribution in [3.63, 3.8) is 0 Å². The Hall–Kier alpha value is -1.72. The number of para-hydroxylation sites is 1. The molecule has 0 aliphatic carbocycles. The molecule has 1 heterocycles. The molecular weight excluding hydrogens is 268 g/mol. The topological polar surface area (TPSA) is 49.9 Å². The number of hydrogen-bond donors (Lipinski definition) is 0. The molecule has 5 nitrogen and oxygen atoms in total. The van der Waals surface area contributed by atoms with Crippen LogP contribution in [0.5, 0.6) is 0 Å². The molecule has 1 amide bonds. The first-order valence-electron chi connectivity index (χ1n) is 7.13. The summed E-state index contributed by atoms with van der Waals surface area (Å²) in [6.45, 7) is 1.30. The molecule has 1 aromatic rings. The third-order valence-corrected chi connectivity index (χ3v) is 3.72. The fourth-order valence-corrected chi connectivity index (χ4v) is 2.48. The third kappa shape index (κ3) is 3.68. The molecule has 0 spiro atoms. The normalized spacial score (nSPS) is 19.4. The van der Waals surface area contributed by atoms with Gasteiger partial charge in [-0.2, -0.15) is 0 Å². The SMILES string of the molecule is COC1CC(=O)c2ccccc2N(CCN(C)C)C(=O)C1. The summed E-state index contributed by atoms with van der Waals surface area (Å²) in [7, 11) is 5.47. The van der Waals surface area contributed by atoms with Gasteiger partial charge in [0.25, 0.3) is 0 Å². The highest BCUT2D eigenvalue weighted by Crippen LogP contribution is 2.27. The predicted molar refractivity (Wildman–Crippen MR) is 81.7 cm³/mol. The highest BCUT2D eigenvalue weighted by atomic mass is 16.5. The first-order valence-corrected chi connectivity index (χ1v) is 7.13. The molecule has 21 heavy (non-hydrogen) atoms. The molecule has 1 atom stereocenters. The Bertz CT molecular complexity index is 528. The maximum Gasteiger partial charge on any atom is 0.229 e. The van der Waals surface area contributed by atoms with E-state index < -0.39 is 0 Å². The molecule has 5 heteroatoms. The standard InChI is InChI=1S/C16H22N2O3/c1-17(2)8-9-18-14-7-5-4-6-13(14)15(19)10-12(21-3)11-16(18)20/h4-7,12H,8-11H2,1-3H3. The van der Waals surface area contributed by atoms with E-state index in [1.165, 1.54) is 0 Å². The summed E-state index contributed by atoms with van der Waals surface area (Å²) in [6.07, 6.45) is 0.144. The number of ketones is 1. The second-order valence-corrected chi connectivity index (χ2v) is 5.55. The van der Waals surface area contributed by atoms with Crippen molar-refractivity contribution in [3.05, 3.63) is 29.8 Å². The van der Waals surface area contributed by atoms with Crippen LogP contribution in [-0.2, 0) is 9.53 Å². The van der Waals surface area contributed by atoms with E-state index in [0.717, 1.165) is 6.54 Å². The van der Waals surface area contributed by atoms with Crippen LogP contribution in [0.3, 0.4) is 0 Å². The van der Waals surface area contributed by atoms with E-state index in [2.05, 4.69) is 0 Å². The monoisotopic (exact) mass is 290 g/mol. The van der Waals surface area contributed by atoms with Crippen LogP contribution in [0.1, 0.15) is 23.2 Å². The van der Waals surface area contributed by atoms with Gasteiger partial charge >= 0.3 is 0 Å². The van der Waals surface area contributed by atoms with Crippen molar-refractivity contribution in [1.82, 2.24) is 4.90 Å². The summed E-state index contributed by atoms with van der Waals surface area (Å²) in [4.78, 5) is 28.6. The summed E-state index contributed by atoms with van der Waals surface area (Å²) in [5.41, 5.74) is 1.32. The van der Waals surface area contributed by atoms with Crippen LogP contribution in [0.4, 0.5) is 5.69 Å². The first kappa shape index (κ1) is 15.7. The lowest BCUT2D eigenvalue weighted by atomic mass is 9.97. The molecule has 0 N–H and O–H groups in total. The van der Waals surface area contributed by atoms with E-state index in [1.807, 2.05) is 37.2 Å². The molecule has 1 aliphatic heterocycles. The third-order valence-electron chi connectivity index (χ3n) is 3.72. The lowest BCUT2D eigenvalue weighted by Gasteiger charge is -2.30. The molecule has 2 rings (SSSR count). The predicted octanol–water partition coefficient (Wildman–Crippen LogP) is 1.57. The van der Waals surface area contributed by atoms with Gasteiger partial charge in [0.1, 0.15) is 0 Å². The van der Waals surface area contributed by atoms with Crippen LogP contribution in [0.25, 0.3) is 0 Å². The zero-order chi connectivity index (χ0) is 15.4. The van der Waals surface area contributed by atoms with E-state index in [-0.39, 0.29) is 30.6 Å². The average Bonchev–Trinajstić information content (AvgIpc) is 2.45. The van der Waals surface area contributed by atoms with Gasteiger partial charge in [0.15, 0.2) is 5.78 Å². The van der Waals surface area contributed by atoms with Gasteiger partial charge in [0, 0.05) is 32.2 Å². The van der Waals surface area contributed by atoms with Crippen molar-refractivity contribution in [2.24, 2.45) is 0 Å². The smallest absolute Gasteiger partial charge is 0.229 e. The van der Waals surface area contributed by atoms with Crippen molar-refractivity contribution in [2.75, 3.05) is 39.2 Å². The average molecular weight is 290 g/mol. The van der Waals surface area contributed by atoms with Crippen molar-refractivity contribution in [3.8, 4) is 0 Å². The molecule has 0 bridgehead atoms. The van der Waals surface area contributed by atoms with Crippen LogP contribution >= 0.6 is 0 Å². The Kier molecular flexibility index (Phi) is 5.09. The highest BCUT2D eigenvalue weighted by molar-refractivity contribution is 6.07. The lowest BCUT2D eigenvalue weighted by Crippen LogP contribution is -2.41. The lowest BCUT2D eigenvalue weighted by molar-refractivity contribution is -0.121. The number of methoxy groups -OCH3 is 1. The Labute approximate surface area is 125 Å². The Morgan fingerprint density at radius 3 is 2.62 bits per heavy atom. The van der Waals surface area contributed by atoms with Crippen molar-refractivity contribution < 1.29 is 14.3 Å². The zero-order valence-electron chi connectivity index (χ0n) is 12.8. The Morgan fingerprint density at radius 2 is 1.95 bits per heavy atom. The number of carbonyl (C=O) groups excluding carboxylic acids is 2. The Balaban J connectivity index is 2.38. The van der Waals surface area contributed by atoms with E-state index >= 15 is 0 Å². The van der Waals surface area contributed by atoms with Crippen molar-refractivity contribution >= 4 is 17.4 Å². The molecule has 1 unspecified atom stereocenters. The fraction of sp³-hybridized carbons (Fsp3) is 0.500. The number of likely N-dealkylation sites (N-methyl/N-ethyl adjacent to an activating group) is 1. The zero-order valence-corrected chi connectivity index (χ0v) is 12.8. The van der Waals surface area contributed by atoms with Crippen LogP contribution in [0.2, 0.25) is 0 Å². The summed E-state index contributed by atoms with van der Waals surface area (Å²) in [5, 5.41) is 0. The molecule has 1 aromatic carbocycles. The minimum atomic E-state index is -0.347. The largest absolute Gasteiger partial charge is 0.380 e. The minimum Gasteiger partial charge on any atom is -0.380 e. The number of benzene rings is 1.